The summed E-state index contributed by atoms with van der Waals surface area (Å²) < 4.78 is 39.2. The van der Waals surface area contributed by atoms with Crippen molar-refractivity contribution >= 4 is 39.1 Å². The summed E-state index contributed by atoms with van der Waals surface area (Å²) in [6.45, 7) is 6.49. The van der Waals surface area contributed by atoms with Crippen molar-refractivity contribution in [3.63, 3.8) is 0 Å². The second-order valence-electron chi connectivity index (χ2n) is 8.81. The third-order valence-corrected chi connectivity index (χ3v) is 6.12. The highest BCUT2D eigenvalue weighted by molar-refractivity contribution is 7.92. The molecule has 2 aromatic rings. The molecule has 1 N–H and O–H groups in total. The van der Waals surface area contributed by atoms with Crippen LogP contribution in [0, 0.1) is 5.82 Å². The van der Waals surface area contributed by atoms with Crippen LogP contribution in [0.5, 0.6) is 0 Å². The summed E-state index contributed by atoms with van der Waals surface area (Å²) in [4.78, 5) is 27.5. The molecule has 0 heterocycles. The lowest BCUT2D eigenvalue weighted by molar-refractivity contribution is -0.140. The molecule has 0 fully saturated rings. The van der Waals surface area contributed by atoms with Crippen molar-refractivity contribution in [3.8, 4) is 0 Å². The summed E-state index contributed by atoms with van der Waals surface area (Å²) >= 11 is 5.90. The molecule has 1 unspecified atom stereocenters. The lowest BCUT2D eigenvalue weighted by atomic mass is 10.1. The molecule has 33 heavy (non-hydrogen) atoms. The molecular formula is C23H29ClFN3O4S. The number of rotatable bonds is 8. The monoisotopic (exact) mass is 497 g/mol. The molecule has 7 nitrogen and oxygen atoms in total. The molecule has 0 aliphatic heterocycles. The second-order valence-corrected chi connectivity index (χ2v) is 11.2. The first-order valence-corrected chi connectivity index (χ1v) is 12.5. The number of carbonyl (C=O) groups excluding carboxylic acids is 2. The molecule has 2 amide bonds. The van der Waals surface area contributed by atoms with Gasteiger partial charge in [-0.15, -0.1) is 0 Å². The summed E-state index contributed by atoms with van der Waals surface area (Å²) in [5.74, 6) is -1.41. The van der Waals surface area contributed by atoms with Gasteiger partial charge in [0.1, 0.15) is 18.4 Å². The minimum atomic E-state index is -3.82. The topological polar surface area (TPSA) is 86.8 Å². The summed E-state index contributed by atoms with van der Waals surface area (Å²) in [6, 6.07) is 10.7. The number of sulfonamides is 1. The molecule has 0 aromatic heterocycles. The van der Waals surface area contributed by atoms with Crippen LogP contribution in [-0.2, 0) is 26.2 Å². The summed E-state index contributed by atoms with van der Waals surface area (Å²) in [6.07, 6.45) is 0.995. The van der Waals surface area contributed by atoms with E-state index in [-0.39, 0.29) is 12.2 Å². The predicted molar refractivity (Wildman–Crippen MR) is 128 cm³/mol. The number of hydrogen-bond acceptors (Lipinski definition) is 4. The summed E-state index contributed by atoms with van der Waals surface area (Å²) in [5, 5.41) is 3.25. The number of benzene rings is 2. The Morgan fingerprint density at radius 1 is 1.06 bits per heavy atom. The van der Waals surface area contributed by atoms with Gasteiger partial charge in [-0.2, -0.15) is 0 Å². The fourth-order valence-corrected chi connectivity index (χ4v) is 4.04. The van der Waals surface area contributed by atoms with Crippen molar-refractivity contribution in [2.75, 3.05) is 17.1 Å². The van der Waals surface area contributed by atoms with E-state index in [0.717, 1.165) is 10.6 Å². The van der Waals surface area contributed by atoms with Crippen molar-refractivity contribution in [1.29, 1.82) is 0 Å². The van der Waals surface area contributed by atoms with E-state index in [1.165, 1.54) is 53.4 Å². The van der Waals surface area contributed by atoms with Crippen LogP contribution in [0.15, 0.2) is 48.5 Å². The van der Waals surface area contributed by atoms with Gasteiger partial charge in [0.2, 0.25) is 21.8 Å². The van der Waals surface area contributed by atoms with Gasteiger partial charge < -0.3 is 10.2 Å². The van der Waals surface area contributed by atoms with E-state index in [4.69, 9.17) is 11.6 Å². The quantitative estimate of drug-likeness (QED) is 0.604. The van der Waals surface area contributed by atoms with Gasteiger partial charge in [0, 0.05) is 17.1 Å². The van der Waals surface area contributed by atoms with Crippen molar-refractivity contribution in [1.82, 2.24) is 10.2 Å². The van der Waals surface area contributed by atoms with E-state index in [0.29, 0.717) is 10.6 Å². The third-order valence-electron chi connectivity index (χ3n) is 4.73. The first-order chi connectivity index (χ1) is 15.2. The van der Waals surface area contributed by atoms with Gasteiger partial charge >= 0.3 is 0 Å². The first-order valence-electron chi connectivity index (χ1n) is 10.3. The van der Waals surface area contributed by atoms with Crippen LogP contribution in [-0.4, -0.2) is 49.5 Å². The van der Waals surface area contributed by atoms with Gasteiger partial charge in [0.25, 0.3) is 0 Å². The Labute approximate surface area is 199 Å². The zero-order valence-electron chi connectivity index (χ0n) is 19.3. The summed E-state index contributed by atoms with van der Waals surface area (Å²) in [5.41, 5.74) is 0.333. The van der Waals surface area contributed by atoms with Crippen LogP contribution in [0.3, 0.4) is 0 Å². The fourth-order valence-electron chi connectivity index (χ4n) is 3.06. The first kappa shape index (κ1) is 26.6. The molecule has 0 radical (unpaired) electrons. The van der Waals surface area contributed by atoms with E-state index in [1.807, 2.05) is 20.8 Å². The molecule has 0 aliphatic rings. The average molecular weight is 498 g/mol. The van der Waals surface area contributed by atoms with Crippen molar-refractivity contribution in [2.24, 2.45) is 0 Å². The summed E-state index contributed by atoms with van der Waals surface area (Å²) in [7, 11) is -3.82. The van der Waals surface area contributed by atoms with Crippen molar-refractivity contribution in [3.05, 3.63) is 64.9 Å². The van der Waals surface area contributed by atoms with Gasteiger partial charge in [-0.3, -0.25) is 13.9 Å². The Morgan fingerprint density at radius 2 is 1.61 bits per heavy atom. The standard InChI is InChI=1S/C23H29ClFN3O4S/c1-16(22(30)26-23(2,3)4)27(14-17-6-10-19(25)11-7-17)21(29)15-28(33(5,31)32)20-12-8-18(24)9-13-20/h6-13,16H,14-15H2,1-5H3,(H,26,30). The Hall–Kier alpha value is -2.65. The van der Waals surface area contributed by atoms with Crippen LogP contribution in [0.1, 0.15) is 33.3 Å². The van der Waals surface area contributed by atoms with E-state index in [9.17, 15) is 22.4 Å². The molecule has 10 heteroatoms. The molecule has 2 rings (SSSR count). The minimum absolute atomic E-state index is 0.00391. The number of anilines is 1. The van der Waals surface area contributed by atoms with E-state index in [1.54, 1.807) is 6.92 Å². The zero-order valence-corrected chi connectivity index (χ0v) is 20.9. The van der Waals surface area contributed by atoms with Crippen LogP contribution in [0.4, 0.5) is 10.1 Å². The maximum atomic E-state index is 13.4. The van der Waals surface area contributed by atoms with E-state index in [2.05, 4.69) is 5.32 Å². The third kappa shape index (κ3) is 8.01. The SMILES string of the molecule is CC(C(=O)NC(C)(C)C)N(Cc1ccc(F)cc1)C(=O)CN(c1ccc(Cl)cc1)S(C)(=O)=O. The minimum Gasteiger partial charge on any atom is -0.350 e. The smallest absolute Gasteiger partial charge is 0.244 e. The maximum absolute atomic E-state index is 13.4. The zero-order chi connectivity index (χ0) is 25.0. The van der Waals surface area contributed by atoms with E-state index >= 15 is 0 Å². The van der Waals surface area contributed by atoms with Crippen LogP contribution >= 0.6 is 11.6 Å². The molecule has 0 aliphatic carbocycles. The molecule has 2 aromatic carbocycles. The molecule has 0 saturated carbocycles. The van der Waals surface area contributed by atoms with Crippen molar-refractivity contribution in [2.45, 2.75) is 45.8 Å². The highest BCUT2D eigenvalue weighted by atomic mass is 35.5. The van der Waals surface area contributed by atoms with Gasteiger partial charge in [0.05, 0.1) is 11.9 Å². The molecule has 0 bridgehead atoms. The predicted octanol–water partition coefficient (Wildman–Crippen LogP) is 3.58. The number of nitrogens with one attached hydrogen (secondary N) is 1. The van der Waals surface area contributed by atoms with Crippen LogP contribution in [0.25, 0.3) is 0 Å². The lowest BCUT2D eigenvalue weighted by Gasteiger charge is -2.33. The number of carbonyl (C=O) groups is 2. The highest BCUT2D eigenvalue weighted by Crippen LogP contribution is 2.21. The Kier molecular flexibility index (Phi) is 8.48. The van der Waals surface area contributed by atoms with Crippen LogP contribution < -0.4 is 9.62 Å². The Balaban J connectivity index is 2.38. The highest BCUT2D eigenvalue weighted by Gasteiger charge is 2.31. The van der Waals surface area contributed by atoms with Gasteiger partial charge in [-0.1, -0.05) is 23.7 Å². The Morgan fingerprint density at radius 3 is 2.09 bits per heavy atom. The molecular weight excluding hydrogens is 469 g/mol. The number of amides is 2. The fraction of sp³-hybridized carbons (Fsp3) is 0.391. The maximum Gasteiger partial charge on any atom is 0.244 e. The van der Waals surface area contributed by atoms with Gasteiger partial charge in [0.15, 0.2) is 0 Å². The van der Waals surface area contributed by atoms with Crippen molar-refractivity contribution < 1.29 is 22.4 Å². The number of hydrogen-bond donors (Lipinski definition) is 1. The lowest BCUT2D eigenvalue weighted by Crippen LogP contribution is -2.54. The average Bonchev–Trinajstić information content (AvgIpc) is 2.69. The van der Waals surface area contributed by atoms with Crippen LogP contribution in [0.2, 0.25) is 5.02 Å². The second kappa shape index (κ2) is 10.5. The molecule has 1 atom stereocenters. The Bertz CT molecular complexity index is 1080. The molecule has 180 valence electrons. The largest absolute Gasteiger partial charge is 0.350 e. The number of halogens is 2. The number of nitrogens with zero attached hydrogens (tertiary/aromatic N) is 2. The van der Waals surface area contributed by atoms with Gasteiger partial charge in [-0.25, -0.2) is 12.8 Å². The van der Waals surface area contributed by atoms with Gasteiger partial charge in [-0.05, 0) is 69.7 Å². The van der Waals surface area contributed by atoms with E-state index < -0.39 is 45.8 Å². The molecule has 0 saturated heterocycles. The normalized spacial score (nSPS) is 12.7. The molecule has 0 spiro atoms.